The molecular formula is C14H20F3NO. The Hall–Kier alpha value is -1.07. The number of rotatable bonds is 5. The fraction of sp³-hybridized carbons (Fsp3) is 0.571. The first-order chi connectivity index (χ1) is 8.65. The van der Waals surface area contributed by atoms with Gasteiger partial charge in [0.15, 0.2) is 0 Å². The molecule has 0 aliphatic heterocycles. The van der Waals surface area contributed by atoms with E-state index in [0.717, 1.165) is 12.1 Å². The Kier molecular flexibility index (Phi) is 4.98. The van der Waals surface area contributed by atoms with Crippen LogP contribution >= 0.6 is 0 Å². The van der Waals surface area contributed by atoms with E-state index in [4.69, 9.17) is 5.11 Å². The van der Waals surface area contributed by atoms with Crippen molar-refractivity contribution in [3.05, 3.63) is 35.4 Å². The molecule has 0 aliphatic carbocycles. The van der Waals surface area contributed by atoms with Gasteiger partial charge in [-0.1, -0.05) is 26.0 Å². The smallest absolute Gasteiger partial charge is 0.396 e. The first-order valence-corrected chi connectivity index (χ1v) is 6.17. The molecule has 1 aromatic carbocycles. The summed E-state index contributed by atoms with van der Waals surface area (Å²) in [6.45, 7) is 6.14. The topological polar surface area (TPSA) is 32.3 Å². The van der Waals surface area contributed by atoms with E-state index in [1.807, 2.05) is 20.8 Å². The fourth-order valence-electron chi connectivity index (χ4n) is 1.59. The van der Waals surface area contributed by atoms with Gasteiger partial charge in [0.2, 0.25) is 0 Å². The van der Waals surface area contributed by atoms with Crippen LogP contribution in [0.1, 0.15) is 37.9 Å². The van der Waals surface area contributed by atoms with Crippen LogP contribution in [-0.2, 0) is 6.18 Å². The predicted octanol–water partition coefficient (Wildman–Crippen LogP) is 3.37. The van der Waals surface area contributed by atoms with E-state index in [-0.39, 0.29) is 18.1 Å². The molecular weight excluding hydrogens is 255 g/mol. The molecule has 108 valence electrons. The number of aliphatic hydroxyl groups excluding tert-OH is 1. The second-order valence-electron chi connectivity index (χ2n) is 5.55. The molecule has 2 nitrogen and oxygen atoms in total. The average molecular weight is 275 g/mol. The van der Waals surface area contributed by atoms with Gasteiger partial charge in [-0.15, -0.1) is 0 Å². The first kappa shape index (κ1) is 16.0. The first-order valence-electron chi connectivity index (χ1n) is 6.17. The molecule has 1 unspecified atom stereocenters. The van der Waals surface area contributed by atoms with Crippen LogP contribution in [0.25, 0.3) is 0 Å². The molecule has 0 aromatic heterocycles. The van der Waals surface area contributed by atoms with Crippen molar-refractivity contribution in [1.82, 2.24) is 5.32 Å². The van der Waals surface area contributed by atoms with Crippen LogP contribution in [0.15, 0.2) is 24.3 Å². The molecule has 1 rings (SSSR count). The maximum absolute atomic E-state index is 12.6. The Labute approximate surface area is 111 Å². The highest BCUT2D eigenvalue weighted by Crippen LogP contribution is 2.30. The van der Waals surface area contributed by atoms with E-state index in [1.165, 1.54) is 6.07 Å². The van der Waals surface area contributed by atoms with Crippen LogP contribution in [0.4, 0.5) is 13.2 Å². The Morgan fingerprint density at radius 1 is 1.26 bits per heavy atom. The molecule has 1 atom stereocenters. The number of hydrogen-bond acceptors (Lipinski definition) is 2. The molecule has 19 heavy (non-hydrogen) atoms. The zero-order chi connectivity index (χ0) is 14.7. The van der Waals surface area contributed by atoms with Gasteiger partial charge in [0.25, 0.3) is 0 Å². The summed E-state index contributed by atoms with van der Waals surface area (Å²) in [6.07, 6.45) is -4.32. The van der Waals surface area contributed by atoms with E-state index in [1.54, 1.807) is 6.07 Å². The number of hydrogen-bond donors (Lipinski definition) is 2. The molecule has 0 spiro atoms. The SMILES string of the molecule is CC(NCC(C)(C)CO)c1cccc(C(F)(F)F)c1. The third kappa shape index (κ3) is 4.84. The van der Waals surface area contributed by atoms with Gasteiger partial charge in [-0.25, -0.2) is 0 Å². The van der Waals surface area contributed by atoms with E-state index in [9.17, 15) is 13.2 Å². The number of alkyl halides is 3. The van der Waals surface area contributed by atoms with Crippen LogP contribution in [0, 0.1) is 5.41 Å². The number of nitrogens with one attached hydrogen (secondary N) is 1. The summed E-state index contributed by atoms with van der Waals surface area (Å²) in [5, 5.41) is 12.3. The third-order valence-corrected chi connectivity index (χ3v) is 3.03. The van der Waals surface area contributed by atoms with Crippen LogP contribution in [0.2, 0.25) is 0 Å². The monoisotopic (exact) mass is 275 g/mol. The molecule has 2 N–H and O–H groups in total. The molecule has 0 bridgehead atoms. The van der Waals surface area contributed by atoms with Gasteiger partial charge in [0.05, 0.1) is 5.56 Å². The zero-order valence-electron chi connectivity index (χ0n) is 11.4. The lowest BCUT2D eigenvalue weighted by atomic mass is 9.94. The van der Waals surface area contributed by atoms with Crippen molar-refractivity contribution in [3.8, 4) is 0 Å². The van der Waals surface area contributed by atoms with Gasteiger partial charge in [-0.3, -0.25) is 0 Å². The molecule has 1 aromatic rings. The van der Waals surface area contributed by atoms with E-state index in [0.29, 0.717) is 12.1 Å². The van der Waals surface area contributed by atoms with Crippen molar-refractivity contribution in [2.45, 2.75) is 33.0 Å². The standard InChI is InChI=1S/C14H20F3NO/c1-10(18-8-13(2,3)9-19)11-5-4-6-12(7-11)14(15,16)17/h4-7,10,18-19H,8-9H2,1-3H3. The summed E-state index contributed by atoms with van der Waals surface area (Å²) in [4.78, 5) is 0. The number of benzene rings is 1. The molecule has 0 fully saturated rings. The Morgan fingerprint density at radius 2 is 1.89 bits per heavy atom. The summed E-state index contributed by atoms with van der Waals surface area (Å²) in [7, 11) is 0. The van der Waals surface area contributed by atoms with Crippen molar-refractivity contribution in [3.63, 3.8) is 0 Å². The molecule has 0 heterocycles. The average Bonchev–Trinajstić information content (AvgIpc) is 2.35. The Balaban J connectivity index is 2.75. The number of halogens is 3. The highest BCUT2D eigenvalue weighted by Gasteiger charge is 2.30. The molecule has 0 amide bonds. The van der Waals surface area contributed by atoms with E-state index < -0.39 is 11.7 Å². The minimum atomic E-state index is -4.32. The highest BCUT2D eigenvalue weighted by molar-refractivity contribution is 5.27. The third-order valence-electron chi connectivity index (χ3n) is 3.03. The minimum absolute atomic E-state index is 0.0231. The fourth-order valence-corrected chi connectivity index (χ4v) is 1.59. The Morgan fingerprint density at radius 3 is 2.42 bits per heavy atom. The van der Waals surface area contributed by atoms with Gasteiger partial charge in [-0.2, -0.15) is 13.2 Å². The zero-order valence-corrected chi connectivity index (χ0v) is 11.4. The number of aliphatic hydroxyl groups is 1. The van der Waals surface area contributed by atoms with Gasteiger partial charge >= 0.3 is 6.18 Å². The normalized spacial score (nSPS) is 14.5. The van der Waals surface area contributed by atoms with Crippen LogP contribution < -0.4 is 5.32 Å². The maximum Gasteiger partial charge on any atom is 0.416 e. The van der Waals surface area contributed by atoms with E-state index >= 15 is 0 Å². The molecule has 0 saturated heterocycles. The predicted molar refractivity (Wildman–Crippen MR) is 68.7 cm³/mol. The second-order valence-corrected chi connectivity index (χ2v) is 5.55. The molecule has 0 radical (unpaired) electrons. The van der Waals surface area contributed by atoms with Gasteiger partial charge in [0, 0.05) is 24.6 Å². The van der Waals surface area contributed by atoms with Gasteiger partial charge in [0.1, 0.15) is 0 Å². The maximum atomic E-state index is 12.6. The van der Waals surface area contributed by atoms with Gasteiger partial charge in [-0.05, 0) is 24.6 Å². The lowest BCUT2D eigenvalue weighted by molar-refractivity contribution is -0.137. The van der Waals surface area contributed by atoms with Crippen LogP contribution in [0.5, 0.6) is 0 Å². The van der Waals surface area contributed by atoms with Crippen molar-refractivity contribution < 1.29 is 18.3 Å². The summed E-state index contributed by atoms with van der Waals surface area (Å²) < 4.78 is 37.8. The molecule has 5 heteroatoms. The van der Waals surface area contributed by atoms with E-state index in [2.05, 4.69) is 5.32 Å². The molecule has 0 aliphatic rings. The minimum Gasteiger partial charge on any atom is -0.396 e. The lowest BCUT2D eigenvalue weighted by Crippen LogP contribution is -2.33. The van der Waals surface area contributed by atoms with Crippen molar-refractivity contribution >= 4 is 0 Å². The van der Waals surface area contributed by atoms with Gasteiger partial charge < -0.3 is 10.4 Å². The Bertz CT molecular complexity index is 415. The van der Waals surface area contributed by atoms with Crippen LogP contribution in [-0.4, -0.2) is 18.3 Å². The summed E-state index contributed by atoms with van der Waals surface area (Å²) in [6, 6.07) is 5.09. The largest absolute Gasteiger partial charge is 0.416 e. The van der Waals surface area contributed by atoms with Crippen LogP contribution in [0.3, 0.4) is 0 Å². The van der Waals surface area contributed by atoms with Crippen molar-refractivity contribution in [2.75, 3.05) is 13.2 Å². The van der Waals surface area contributed by atoms with Crippen molar-refractivity contribution in [2.24, 2.45) is 5.41 Å². The highest BCUT2D eigenvalue weighted by atomic mass is 19.4. The lowest BCUT2D eigenvalue weighted by Gasteiger charge is -2.25. The second kappa shape index (κ2) is 5.92. The molecule has 0 saturated carbocycles. The van der Waals surface area contributed by atoms with Crippen molar-refractivity contribution in [1.29, 1.82) is 0 Å². The summed E-state index contributed by atoms with van der Waals surface area (Å²) >= 11 is 0. The quantitative estimate of drug-likeness (QED) is 0.863. The summed E-state index contributed by atoms with van der Waals surface area (Å²) in [5.74, 6) is 0. The summed E-state index contributed by atoms with van der Waals surface area (Å²) in [5.41, 5.74) is -0.348.